The molecule has 3 N–H and O–H groups in total. The van der Waals surface area contributed by atoms with E-state index in [1.54, 1.807) is 19.3 Å². The number of aliphatic hydroxyl groups is 1. The molecule has 35 heavy (non-hydrogen) atoms. The Labute approximate surface area is 198 Å². The Bertz CT molecular complexity index is 1400. The van der Waals surface area contributed by atoms with Gasteiger partial charge in [0, 0.05) is 43.1 Å². The standard InChI is InChI=1S/C23H23F2N7O3/c1-26-19-7-15(13-8-27-20-12(13)3-2-6-31(20)16-10-35-11-17(16)33)29-21-14(9-28-32(19)21)22(34)30-18-4-5-23(18,24)25/h2-3,6-9,16-18,26,33H,4-5,10-11H2,1H3,(H,30,34)/t16-,17-,18-/m0/s1. The van der Waals surface area contributed by atoms with E-state index < -0.39 is 24.0 Å². The molecular weight excluding hydrogens is 460 g/mol. The first-order valence-electron chi connectivity index (χ1n) is 11.3. The molecule has 2 fully saturated rings. The zero-order valence-corrected chi connectivity index (χ0v) is 18.8. The van der Waals surface area contributed by atoms with Crippen molar-refractivity contribution < 1.29 is 23.4 Å². The average Bonchev–Trinajstić information content (AvgIpc) is 3.58. The van der Waals surface area contributed by atoms with E-state index in [9.17, 15) is 18.7 Å². The third kappa shape index (κ3) is 3.43. The Balaban J connectivity index is 1.40. The summed E-state index contributed by atoms with van der Waals surface area (Å²) in [5.41, 5.74) is 2.42. The van der Waals surface area contributed by atoms with Gasteiger partial charge in [-0.2, -0.15) is 9.61 Å². The molecule has 0 spiro atoms. The molecule has 0 bridgehead atoms. The number of aliphatic hydroxyl groups excluding tert-OH is 1. The number of amides is 1. The minimum absolute atomic E-state index is 0.108. The fourth-order valence-corrected chi connectivity index (χ4v) is 4.69. The number of hydrogen-bond acceptors (Lipinski definition) is 7. The fraction of sp³-hybridized carbons (Fsp3) is 0.391. The number of ether oxygens (including phenoxy) is 1. The molecule has 0 radical (unpaired) electrons. The van der Waals surface area contributed by atoms with E-state index in [-0.39, 0.29) is 36.7 Å². The predicted octanol–water partition coefficient (Wildman–Crippen LogP) is 2.20. The van der Waals surface area contributed by atoms with Gasteiger partial charge in [0.15, 0.2) is 5.65 Å². The number of carbonyl (C=O) groups excluding carboxylic acids is 1. The van der Waals surface area contributed by atoms with Crippen LogP contribution in [0.15, 0.2) is 36.8 Å². The Morgan fingerprint density at radius 3 is 2.83 bits per heavy atom. The largest absolute Gasteiger partial charge is 0.388 e. The van der Waals surface area contributed by atoms with Gasteiger partial charge in [-0.1, -0.05) is 0 Å². The quantitative estimate of drug-likeness (QED) is 0.398. The van der Waals surface area contributed by atoms with Crippen LogP contribution < -0.4 is 10.6 Å². The molecule has 1 saturated carbocycles. The van der Waals surface area contributed by atoms with Gasteiger partial charge in [-0.05, 0) is 18.6 Å². The lowest BCUT2D eigenvalue weighted by Gasteiger charge is -2.36. The van der Waals surface area contributed by atoms with Crippen LogP contribution in [0.1, 0.15) is 29.2 Å². The molecule has 3 atom stereocenters. The molecule has 1 saturated heterocycles. The highest BCUT2D eigenvalue weighted by Gasteiger charge is 2.49. The average molecular weight is 483 g/mol. The minimum Gasteiger partial charge on any atom is -0.388 e. The van der Waals surface area contributed by atoms with Crippen LogP contribution in [-0.4, -0.2) is 73.5 Å². The summed E-state index contributed by atoms with van der Waals surface area (Å²) in [4.78, 5) is 22.1. The lowest BCUT2D eigenvalue weighted by Crippen LogP contribution is -2.55. The predicted molar refractivity (Wildman–Crippen MR) is 122 cm³/mol. The summed E-state index contributed by atoms with van der Waals surface area (Å²) in [5, 5.41) is 20.0. The van der Waals surface area contributed by atoms with Gasteiger partial charge in [0.2, 0.25) is 0 Å². The highest BCUT2D eigenvalue weighted by molar-refractivity contribution is 6.00. The molecule has 2 aromatic rings. The van der Waals surface area contributed by atoms with Crippen molar-refractivity contribution in [1.29, 1.82) is 0 Å². The highest BCUT2D eigenvalue weighted by atomic mass is 19.3. The molecule has 12 heteroatoms. The Morgan fingerprint density at radius 1 is 1.29 bits per heavy atom. The van der Waals surface area contributed by atoms with Gasteiger partial charge in [-0.3, -0.25) is 4.79 Å². The van der Waals surface area contributed by atoms with E-state index in [1.807, 2.05) is 22.9 Å². The van der Waals surface area contributed by atoms with Crippen LogP contribution >= 0.6 is 0 Å². The van der Waals surface area contributed by atoms with E-state index in [0.717, 1.165) is 11.1 Å². The van der Waals surface area contributed by atoms with E-state index in [4.69, 9.17) is 4.74 Å². The van der Waals surface area contributed by atoms with Crippen LogP contribution in [0.4, 0.5) is 14.6 Å². The van der Waals surface area contributed by atoms with Gasteiger partial charge in [-0.15, -0.1) is 0 Å². The molecule has 1 amide bonds. The number of hydrogen-bond donors (Lipinski definition) is 3. The molecule has 2 aromatic heterocycles. The molecular formula is C23H23F2N7O3. The van der Waals surface area contributed by atoms with Gasteiger partial charge in [0.1, 0.15) is 23.3 Å². The van der Waals surface area contributed by atoms with Crippen LogP contribution in [0.3, 0.4) is 0 Å². The SMILES string of the molecule is CNc1cc(-c2cnc3n([C@H]4COC[C@@H]4O)cccc2-3)nc2c(C(=O)N[C@H]3CCC3(F)F)cnn12. The summed E-state index contributed by atoms with van der Waals surface area (Å²) in [7, 11) is 1.71. The number of nitrogens with zero attached hydrogens (tertiary/aromatic N) is 5. The molecule has 5 heterocycles. The number of rotatable bonds is 5. The van der Waals surface area contributed by atoms with Crippen LogP contribution in [0, 0.1) is 0 Å². The smallest absolute Gasteiger partial charge is 0.267 e. The maximum atomic E-state index is 13.7. The maximum Gasteiger partial charge on any atom is 0.267 e. The van der Waals surface area contributed by atoms with Gasteiger partial charge >= 0.3 is 0 Å². The zero-order valence-electron chi connectivity index (χ0n) is 18.8. The number of pyridine rings is 1. The van der Waals surface area contributed by atoms with E-state index >= 15 is 0 Å². The number of fused-ring (bicyclic) bond motifs is 2. The molecule has 4 aliphatic rings. The Hall–Kier alpha value is -3.64. The molecule has 6 rings (SSSR count). The van der Waals surface area contributed by atoms with Gasteiger partial charge in [0.25, 0.3) is 11.8 Å². The first-order valence-corrected chi connectivity index (χ1v) is 11.3. The lowest BCUT2D eigenvalue weighted by molar-refractivity contribution is -0.102. The van der Waals surface area contributed by atoms with Crippen molar-refractivity contribution in [3.8, 4) is 22.6 Å². The number of anilines is 1. The molecule has 3 aliphatic heterocycles. The number of carbonyl (C=O) groups is 1. The summed E-state index contributed by atoms with van der Waals surface area (Å²) >= 11 is 0. The molecule has 0 aromatic carbocycles. The topological polar surface area (TPSA) is 119 Å². The van der Waals surface area contributed by atoms with E-state index in [1.165, 1.54) is 10.7 Å². The maximum absolute atomic E-state index is 13.7. The highest BCUT2D eigenvalue weighted by Crippen LogP contribution is 2.38. The number of halogens is 2. The number of nitrogens with one attached hydrogen (secondary N) is 2. The van der Waals surface area contributed by atoms with Gasteiger partial charge < -0.3 is 25.0 Å². The first-order chi connectivity index (χ1) is 16.9. The minimum atomic E-state index is -2.90. The monoisotopic (exact) mass is 483 g/mol. The van der Waals surface area contributed by atoms with Crippen LogP contribution in [0.2, 0.25) is 0 Å². The van der Waals surface area contributed by atoms with Gasteiger partial charge in [-0.25, -0.2) is 18.7 Å². The van der Waals surface area contributed by atoms with E-state index in [2.05, 4.69) is 25.7 Å². The third-order valence-electron chi connectivity index (χ3n) is 6.81. The lowest BCUT2D eigenvalue weighted by atomic mass is 9.88. The molecule has 1 aliphatic carbocycles. The van der Waals surface area contributed by atoms with Gasteiger partial charge in [0.05, 0.1) is 37.2 Å². The second-order valence-electron chi connectivity index (χ2n) is 8.89. The van der Waals surface area contributed by atoms with Crippen molar-refractivity contribution in [1.82, 2.24) is 29.5 Å². The molecule has 182 valence electrons. The molecule has 10 nitrogen and oxygen atoms in total. The zero-order chi connectivity index (χ0) is 24.3. The second-order valence-corrected chi connectivity index (χ2v) is 8.89. The van der Waals surface area contributed by atoms with E-state index in [0.29, 0.717) is 23.9 Å². The second kappa shape index (κ2) is 7.95. The van der Waals surface area contributed by atoms with Crippen molar-refractivity contribution in [2.24, 2.45) is 0 Å². The van der Waals surface area contributed by atoms with Crippen LogP contribution in [0.5, 0.6) is 0 Å². The normalized spacial score (nSPS) is 23.5. The molecule has 0 unspecified atom stereocenters. The van der Waals surface area contributed by atoms with Crippen molar-refractivity contribution in [3.05, 3.63) is 42.4 Å². The van der Waals surface area contributed by atoms with Crippen LogP contribution in [-0.2, 0) is 4.74 Å². The Morgan fingerprint density at radius 2 is 2.14 bits per heavy atom. The number of alkyl halides is 2. The Kier molecular flexibility index (Phi) is 4.97. The number of aromatic nitrogens is 5. The third-order valence-corrected chi connectivity index (χ3v) is 6.81. The fourth-order valence-electron chi connectivity index (χ4n) is 4.69. The summed E-state index contributed by atoms with van der Waals surface area (Å²) < 4.78 is 36.2. The van der Waals surface area contributed by atoms with Crippen molar-refractivity contribution >= 4 is 17.4 Å². The first kappa shape index (κ1) is 21.9. The van der Waals surface area contributed by atoms with Crippen molar-refractivity contribution in [3.63, 3.8) is 0 Å². The van der Waals surface area contributed by atoms with Crippen LogP contribution in [0.25, 0.3) is 28.3 Å². The summed E-state index contributed by atoms with van der Waals surface area (Å²) in [6.07, 6.45) is 4.23. The van der Waals surface area contributed by atoms with Crippen molar-refractivity contribution in [2.75, 3.05) is 25.6 Å². The summed E-state index contributed by atoms with van der Waals surface area (Å²) in [6.45, 7) is 0.653. The summed E-state index contributed by atoms with van der Waals surface area (Å²) in [6, 6.07) is 4.12. The van der Waals surface area contributed by atoms with Crippen molar-refractivity contribution in [2.45, 2.75) is 37.0 Å². The summed E-state index contributed by atoms with van der Waals surface area (Å²) in [5.74, 6) is -2.31.